The average Bonchev–Trinajstić information content (AvgIpc) is 3.36. The number of anilines is 1. The van der Waals surface area contributed by atoms with Gasteiger partial charge in [-0.1, -0.05) is 6.07 Å². The van der Waals surface area contributed by atoms with Crippen molar-refractivity contribution in [1.29, 1.82) is 0 Å². The van der Waals surface area contributed by atoms with E-state index in [0.29, 0.717) is 6.54 Å². The van der Waals surface area contributed by atoms with Gasteiger partial charge in [-0.3, -0.25) is 0 Å². The summed E-state index contributed by atoms with van der Waals surface area (Å²) in [7, 11) is 0. The summed E-state index contributed by atoms with van der Waals surface area (Å²) in [5.41, 5.74) is 0.605. The second-order valence-electron chi connectivity index (χ2n) is 8.97. The van der Waals surface area contributed by atoms with Gasteiger partial charge < -0.3 is 25.2 Å². The summed E-state index contributed by atoms with van der Waals surface area (Å²) >= 11 is 0. The van der Waals surface area contributed by atoms with E-state index in [1.54, 1.807) is 0 Å². The lowest BCUT2D eigenvalue weighted by atomic mass is 10.2. The number of pyridine rings is 1. The molecule has 1 aromatic heterocycles. The number of hydrogen-bond donors (Lipinski definition) is 2. The van der Waals surface area contributed by atoms with Gasteiger partial charge in [0.15, 0.2) is 5.96 Å². The lowest BCUT2D eigenvalue weighted by Crippen LogP contribution is -2.44. The number of aromatic nitrogens is 1. The fraction of sp³-hybridized carbons (Fsp3) is 0.682. The molecular formula is C22H37IN6O2. The van der Waals surface area contributed by atoms with Crippen LogP contribution < -0.4 is 15.5 Å². The first-order valence-electron chi connectivity index (χ1n) is 11.1. The number of carbonyl (C=O) groups is 1. The van der Waals surface area contributed by atoms with Crippen LogP contribution in [0.4, 0.5) is 10.6 Å². The maximum absolute atomic E-state index is 12.0. The minimum Gasteiger partial charge on any atom is -0.444 e. The second-order valence-corrected chi connectivity index (χ2v) is 8.97. The Labute approximate surface area is 203 Å². The second kappa shape index (κ2) is 11.7. The van der Waals surface area contributed by atoms with E-state index < -0.39 is 5.60 Å². The molecule has 3 heterocycles. The van der Waals surface area contributed by atoms with Crippen molar-refractivity contribution in [3.63, 3.8) is 0 Å². The number of hydrogen-bond acceptors (Lipinski definition) is 5. The van der Waals surface area contributed by atoms with Gasteiger partial charge in [0.05, 0.1) is 12.6 Å². The zero-order valence-corrected chi connectivity index (χ0v) is 21.5. The molecule has 174 valence electrons. The van der Waals surface area contributed by atoms with Crippen LogP contribution >= 0.6 is 24.0 Å². The monoisotopic (exact) mass is 544 g/mol. The van der Waals surface area contributed by atoms with Crippen molar-refractivity contribution in [3.05, 3.63) is 23.9 Å². The summed E-state index contributed by atoms with van der Waals surface area (Å²) in [4.78, 5) is 26.0. The highest BCUT2D eigenvalue weighted by Gasteiger charge is 2.27. The molecule has 0 bridgehead atoms. The molecule has 3 rings (SSSR count). The first kappa shape index (κ1) is 25.5. The Morgan fingerprint density at radius 2 is 2.00 bits per heavy atom. The fourth-order valence-electron chi connectivity index (χ4n) is 3.78. The first-order chi connectivity index (χ1) is 14.3. The third-order valence-corrected chi connectivity index (χ3v) is 5.19. The third kappa shape index (κ3) is 8.01. The molecule has 1 aromatic rings. The molecular weight excluding hydrogens is 507 g/mol. The van der Waals surface area contributed by atoms with Crippen LogP contribution in [0.3, 0.4) is 0 Å². The number of rotatable bonds is 5. The Balaban J connectivity index is 0.00000341. The molecule has 31 heavy (non-hydrogen) atoms. The molecule has 1 atom stereocenters. The maximum atomic E-state index is 12.0. The van der Waals surface area contributed by atoms with Gasteiger partial charge in [0.1, 0.15) is 11.4 Å². The topological polar surface area (TPSA) is 82.1 Å². The molecule has 2 saturated heterocycles. The summed E-state index contributed by atoms with van der Waals surface area (Å²) in [6, 6.07) is 4.27. The standard InChI is InChI=1S/C22H36N6O2.HI/c1-5-23-20(28-13-10-18(16-28)26-21(29)30-22(2,3)4)25-15-17-8-9-19(24-14-17)27-11-6-7-12-27;/h8-9,14,18H,5-7,10-13,15-16H2,1-4H3,(H,23,25)(H,26,29);1H. The molecule has 0 radical (unpaired) electrons. The van der Waals surface area contributed by atoms with Crippen LogP contribution in [0, 0.1) is 0 Å². The van der Waals surface area contributed by atoms with E-state index in [0.717, 1.165) is 56.5 Å². The van der Waals surface area contributed by atoms with Crippen LogP contribution in [0.15, 0.2) is 23.3 Å². The molecule has 0 aromatic carbocycles. The van der Waals surface area contributed by atoms with Gasteiger partial charge in [0.25, 0.3) is 0 Å². The van der Waals surface area contributed by atoms with E-state index in [4.69, 9.17) is 9.73 Å². The average molecular weight is 544 g/mol. The number of halogens is 1. The first-order valence-corrected chi connectivity index (χ1v) is 11.1. The summed E-state index contributed by atoms with van der Waals surface area (Å²) in [6.45, 7) is 12.8. The molecule has 1 unspecified atom stereocenters. The quantitative estimate of drug-likeness (QED) is 0.336. The van der Waals surface area contributed by atoms with Crippen molar-refractivity contribution in [3.8, 4) is 0 Å². The van der Waals surface area contributed by atoms with Crippen molar-refractivity contribution >= 4 is 41.8 Å². The Bertz CT molecular complexity index is 729. The Hall–Kier alpha value is -1.78. The van der Waals surface area contributed by atoms with E-state index in [2.05, 4.69) is 44.5 Å². The number of alkyl carbamates (subject to hydrolysis) is 1. The highest BCUT2D eigenvalue weighted by atomic mass is 127. The van der Waals surface area contributed by atoms with Gasteiger partial charge in [-0.15, -0.1) is 24.0 Å². The van der Waals surface area contributed by atoms with Gasteiger partial charge in [0.2, 0.25) is 0 Å². The van der Waals surface area contributed by atoms with Gasteiger partial charge in [0, 0.05) is 38.9 Å². The number of carbonyl (C=O) groups excluding carboxylic acids is 1. The van der Waals surface area contributed by atoms with Crippen molar-refractivity contribution in [2.24, 2.45) is 4.99 Å². The predicted molar refractivity (Wildman–Crippen MR) is 135 cm³/mol. The minimum absolute atomic E-state index is 0. The lowest BCUT2D eigenvalue weighted by Gasteiger charge is -2.23. The third-order valence-electron chi connectivity index (χ3n) is 5.19. The zero-order chi connectivity index (χ0) is 21.6. The van der Waals surface area contributed by atoms with Gasteiger partial charge >= 0.3 is 6.09 Å². The van der Waals surface area contributed by atoms with E-state index >= 15 is 0 Å². The fourth-order valence-corrected chi connectivity index (χ4v) is 3.78. The number of nitrogens with one attached hydrogen (secondary N) is 2. The lowest BCUT2D eigenvalue weighted by molar-refractivity contribution is 0.0507. The van der Waals surface area contributed by atoms with Crippen LogP contribution in [0.25, 0.3) is 0 Å². The molecule has 0 spiro atoms. The zero-order valence-electron chi connectivity index (χ0n) is 19.2. The van der Waals surface area contributed by atoms with Crippen LogP contribution in [0.5, 0.6) is 0 Å². The van der Waals surface area contributed by atoms with Crippen LogP contribution in [0.2, 0.25) is 0 Å². The Kier molecular flexibility index (Phi) is 9.64. The largest absolute Gasteiger partial charge is 0.444 e. The van der Waals surface area contributed by atoms with Gasteiger partial charge in [-0.05, 0) is 58.6 Å². The minimum atomic E-state index is -0.489. The molecule has 2 aliphatic heterocycles. The number of guanidine groups is 1. The SMILES string of the molecule is CCNC(=NCc1ccc(N2CCCC2)nc1)N1CCC(NC(=O)OC(C)(C)C)C1.I. The van der Waals surface area contributed by atoms with E-state index in [9.17, 15) is 4.79 Å². The highest BCUT2D eigenvalue weighted by molar-refractivity contribution is 14.0. The molecule has 0 aliphatic carbocycles. The number of nitrogens with zero attached hydrogens (tertiary/aromatic N) is 4. The number of amides is 1. The van der Waals surface area contributed by atoms with Crippen LogP contribution in [-0.4, -0.2) is 66.3 Å². The molecule has 2 fully saturated rings. The normalized spacial score (nSPS) is 19.2. The van der Waals surface area contributed by atoms with Crippen LogP contribution in [0.1, 0.15) is 52.5 Å². The van der Waals surface area contributed by atoms with Crippen molar-refractivity contribution in [2.45, 2.75) is 65.1 Å². The molecule has 2 aliphatic rings. The van der Waals surface area contributed by atoms with E-state index in [-0.39, 0.29) is 36.1 Å². The van der Waals surface area contributed by atoms with Crippen molar-refractivity contribution in [1.82, 2.24) is 20.5 Å². The van der Waals surface area contributed by atoms with Crippen molar-refractivity contribution in [2.75, 3.05) is 37.6 Å². The molecule has 9 heteroatoms. The summed E-state index contributed by atoms with van der Waals surface area (Å²) < 4.78 is 5.37. The summed E-state index contributed by atoms with van der Waals surface area (Å²) in [5.74, 6) is 1.93. The summed E-state index contributed by atoms with van der Waals surface area (Å²) in [5, 5.41) is 6.34. The Morgan fingerprint density at radius 3 is 2.61 bits per heavy atom. The smallest absolute Gasteiger partial charge is 0.407 e. The predicted octanol–water partition coefficient (Wildman–Crippen LogP) is 3.36. The van der Waals surface area contributed by atoms with Crippen LogP contribution in [-0.2, 0) is 11.3 Å². The molecule has 0 saturated carbocycles. The van der Waals surface area contributed by atoms with Crippen molar-refractivity contribution < 1.29 is 9.53 Å². The Morgan fingerprint density at radius 1 is 1.26 bits per heavy atom. The number of aliphatic imine (C=N–C) groups is 1. The number of ether oxygens (including phenoxy) is 1. The molecule has 8 nitrogen and oxygen atoms in total. The molecule has 2 N–H and O–H groups in total. The highest BCUT2D eigenvalue weighted by Crippen LogP contribution is 2.18. The maximum Gasteiger partial charge on any atom is 0.407 e. The summed E-state index contributed by atoms with van der Waals surface area (Å²) in [6.07, 6.45) is 4.94. The van der Waals surface area contributed by atoms with E-state index in [1.165, 1.54) is 12.8 Å². The number of likely N-dealkylation sites (tertiary alicyclic amines) is 1. The molecule has 1 amide bonds. The van der Waals surface area contributed by atoms with Gasteiger partial charge in [-0.25, -0.2) is 14.8 Å². The van der Waals surface area contributed by atoms with Gasteiger partial charge in [-0.2, -0.15) is 0 Å². The van der Waals surface area contributed by atoms with E-state index in [1.807, 2.05) is 27.0 Å².